The highest BCUT2D eigenvalue weighted by Gasteiger charge is 2.19. The van der Waals surface area contributed by atoms with E-state index in [0.717, 1.165) is 18.4 Å². The summed E-state index contributed by atoms with van der Waals surface area (Å²) in [6.07, 6.45) is 4.09. The van der Waals surface area contributed by atoms with E-state index >= 15 is 0 Å². The molecule has 3 heteroatoms. The van der Waals surface area contributed by atoms with Crippen molar-refractivity contribution in [1.29, 1.82) is 0 Å². The molecule has 0 aromatic carbocycles. The zero-order chi connectivity index (χ0) is 12.2. The molecule has 88 valence electrons. The average molecular weight is 220 g/mol. The molecule has 0 aliphatic heterocycles. The van der Waals surface area contributed by atoms with E-state index in [1.54, 1.807) is 6.20 Å². The molecule has 0 saturated heterocycles. The van der Waals surface area contributed by atoms with Gasteiger partial charge in [0.1, 0.15) is 11.6 Å². The number of aromatic nitrogens is 1. The van der Waals surface area contributed by atoms with Gasteiger partial charge in [-0.15, -0.1) is 0 Å². The quantitative estimate of drug-likeness (QED) is 0.848. The van der Waals surface area contributed by atoms with E-state index in [0.29, 0.717) is 18.0 Å². The van der Waals surface area contributed by atoms with Crippen LogP contribution < -0.4 is 5.73 Å². The van der Waals surface area contributed by atoms with E-state index in [9.17, 15) is 4.79 Å². The van der Waals surface area contributed by atoms with Crippen LogP contribution in [0, 0.1) is 5.41 Å². The Kier molecular flexibility index (Phi) is 4.05. The molecule has 0 bridgehead atoms. The highest BCUT2D eigenvalue weighted by molar-refractivity contribution is 5.83. The normalized spacial score (nSPS) is 11.4. The van der Waals surface area contributed by atoms with Gasteiger partial charge in [0.15, 0.2) is 0 Å². The van der Waals surface area contributed by atoms with E-state index in [1.807, 2.05) is 32.9 Å². The number of hydrogen-bond acceptors (Lipinski definition) is 3. The second-order valence-corrected chi connectivity index (χ2v) is 5.12. The molecule has 1 rings (SSSR count). The number of aryl methyl sites for hydroxylation is 1. The van der Waals surface area contributed by atoms with Crippen LogP contribution in [0.4, 0.5) is 5.82 Å². The average Bonchev–Trinajstić information content (AvgIpc) is 2.16. The van der Waals surface area contributed by atoms with Crippen molar-refractivity contribution < 1.29 is 4.79 Å². The zero-order valence-corrected chi connectivity index (χ0v) is 10.3. The number of hydrogen-bond donors (Lipinski definition) is 1. The van der Waals surface area contributed by atoms with Crippen LogP contribution in [-0.2, 0) is 11.2 Å². The van der Waals surface area contributed by atoms with Crippen molar-refractivity contribution in [3.8, 4) is 0 Å². The zero-order valence-electron chi connectivity index (χ0n) is 10.3. The highest BCUT2D eigenvalue weighted by atomic mass is 16.1. The van der Waals surface area contributed by atoms with E-state index in [1.165, 1.54) is 0 Å². The smallest absolute Gasteiger partial charge is 0.138 e. The number of nitrogens with two attached hydrogens (primary N) is 1. The maximum Gasteiger partial charge on any atom is 0.138 e. The number of pyridine rings is 1. The molecule has 3 nitrogen and oxygen atoms in total. The Labute approximate surface area is 97.1 Å². The summed E-state index contributed by atoms with van der Waals surface area (Å²) in [4.78, 5) is 15.6. The van der Waals surface area contributed by atoms with Crippen LogP contribution in [0.15, 0.2) is 18.3 Å². The first-order chi connectivity index (χ1) is 7.39. The molecule has 0 spiro atoms. The van der Waals surface area contributed by atoms with Gasteiger partial charge in [0.2, 0.25) is 0 Å². The van der Waals surface area contributed by atoms with E-state index in [4.69, 9.17) is 5.73 Å². The van der Waals surface area contributed by atoms with Crippen LogP contribution in [0.5, 0.6) is 0 Å². The molecule has 0 aliphatic rings. The molecule has 1 aromatic heterocycles. The van der Waals surface area contributed by atoms with E-state index in [2.05, 4.69) is 4.98 Å². The van der Waals surface area contributed by atoms with Crippen LogP contribution in [-0.4, -0.2) is 10.8 Å². The molecule has 1 aromatic rings. The van der Waals surface area contributed by atoms with Gasteiger partial charge in [-0.05, 0) is 30.5 Å². The number of carbonyl (C=O) groups excluding carboxylic acids is 1. The fourth-order valence-electron chi connectivity index (χ4n) is 1.48. The van der Waals surface area contributed by atoms with Gasteiger partial charge < -0.3 is 5.73 Å². The molecule has 2 N–H and O–H groups in total. The van der Waals surface area contributed by atoms with Crippen molar-refractivity contribution in [3.63, 3.8) is 0 Å². The Balaban J connectivity index is 2.39. The molecule has 0 aliphatic carbocycles. The Bertz CT molecular complexity index is 366. The monoisotopic (exact) mass is 220 g/mol. The predicted octanol–water partition coefficient (Wildman–Crippen LogP) is 2.60. The lowest BCUT2D eigenvalue weighted by molar-refractivity contribution is -0.126. The third kappa shape index (κ3) is 4.01. The summed E-state index contributed by atoms with van der Waals surface area (Å²) in [5.41, 5.74) is 6.50. The van der Waals surface area contributed by atoms with Crippen molar-refractivity contribution in [1.82, 2.24) is 4.98 Å². The molecule has 0 radical (unpaired) electrons. The second-order valence-electron chi connectivity index (χ2n) is 5.12. The van der Waals surface area contributed by atoms with Crippen molar-refractivity contribution in [2.75, 3.05) is 5.73 Å². The van der Waals surface area contributed by atoms with Crippen LogP contribution >= 0.6 is 0 Å². The topological polar surface area (TPSA) is 56.0 Å². The minimum Gasteiger partial charge on any atom is -0.384 e. The van der Waals surface area contributed by atoms with Gasteiger partial charge >= 0.3 is 0 Å². The van der Waals surface area contributed by atoms with Crippen molar-refractivity contribution >= 4 is 11.6 Å². The largest absolute Gasteiger partial charge is 0.384 e. The molecule has 16 heavy (non-hydrogen) atoms. The van der Waals surface area contributed by atoms with Crippen molar-refractivity contribution in [3.05, 3.63) is 23.9 Å². The van der Waals surface area contributed by atoms with Gasteiger partial charge in [-0.3, -0.25) is 4.79 Å². The number of carbonyl (C=O) groups is 1. The summed E-state index contributed by atoms with van der Waals surface area (Å²) in [7, 11) is 0. The molecular weight excluding hydrogens is 200 g/mol. The van der Waals surface area contributed by atoms with Gasteiger partial charge in [-0.1, -0.05) is 20.8 Å². The SMILES string of the molecule is CC(C)(C)C(=O)CCCc1ccnc(N)c1. The first kappa shape index (κ1) is 12.7. The third-order valence-corrected chi connectivity index (χ3v) is 2.55. The summed E-state index contributed by atoms with van der Waals surface area (Å²) in [6, 6.07) is 3.81. The number of anilines is 1. The number of ketones is 1. The van der Waals surface area contributed by atoms with Crippen LogP contribution in [0.1, 0.15) is 39.2 Å². The maximum absolute atomic E-state index is 11.7. The Hall–Kier alpha value is -1.38. The third-order valence-electron chi connectivity index (χ3n) is 2.55. The fourth-order valence-corrected chi connectivity index (χ4v) is 1.48. The van der Waals surface area contributed by atoms with Gasteiger partial charge in [0, 0.05) is 18.0 Å². The van der Waals surface area contributed by atoms with Gasteiger partial charge in [-0.25, -0.2) is 4.98 Å². The predicted molar refractivity (Wildman–Crippen MR) is 66.0 cm³/mol. The highest BCUT2D eigenvalue weighted by Crippen LogP contribution is 2.18. The Morgan fingerprint density at radius 3 is 2.69 bits per heavy atom. The molecule has 0 amide bonds. The lowest BCUT2D eigenvalue weighted by Crippen LogP contribution is -2.19. The molecule has 0 saturated carbocycles. The minimum absolute atomic E-state index is 0.225. The summed E-state index contributed by atoms with van der Waals surface area (Å²) >= 11 is 0. The van der Waals surface area contributed by atoms with E-state index in [-0.39, 0.29) is 5.41 Å². The fraction of sp³-hybridized carbons (Fsp3) is 0.538. The minimum atomic E-state index is -0.225. The lowest BCUT2D eigenvalue weighted by atomic mass is 9.87. The van der Waals surface area contributed by atoms with Crippen LogP contribution in [0.25, 0.3) is 0 Å². The summed E-state index contributed by atoms with van der Waals surface area (Å²) in [5, 5.41) is 0. The second kappa shape index (κ2) is 5.10. The van der Waals surface area contributed by atoms with Gasteiger partial charge in [0.05, 0.1) is 0 Å². The molecule has 0 atom stereocenters. The standard InChI is InChI=1S/C13H20N2O/c1-13(2,3)11(16)6-4-5-10-7-8-15-12(14)9-10/h7-9H,4-6H2,1-3H3,(H2,14,15). The molecule has 0 unspecified atom stereocenters. The van der Waals surface area contributed by atoms with Gasteiger partial charge in [0.25, 0.3) is 0 Å². The van der Waals surface area contributed by atoms with Gasteiger partial charge in [-0.2, -0.15) is 0 Å². The van der Waals surface area contributed by atoms with Crippen molar-refractivity contribution in [2.45, 2.75) is 40.0 Å². The maximum atomic E-state index is 11.7. The van der Waals surface area contributed by atoms with Crippen LogP contribution in [0.2, 0.25) is 0 Å². The van der Waals surface area contributed by atoms with Crippen molar-refractivity contribution in [2.24, 2.45) is 5.41 Å². The number of rotatable bonds is 4. The number of nitrogen functional groups attached to an aromatic ring is 1. The lowest BCUT2D eigenvalue weighted by Gasteiger charge is -2.16. The summed E-state index contributed by atoms with van der Waals surface area (Å²) in [5.74, 6) is 0.856. The first-order valence-electron chi connectivity index (χ1n) is 5.63. The summed E-state index contributed by atoms with van der Waals surface area (Å²) < 4.78 is 0. The summed E-state index contributed by atoms with van der Waals surface area (Å²) in [6.45, 7) is 5.87. The molecular formula is C13H20N2O. The molecule has 0 fully saturated rings. The van der Waals surface area contributed by atoms with E-state index < -0.39 is 0 Å². The van der Waals surface area contributed by atoms with Crippen LogP contribution in [0.3, 0.4) is 0 Å². The Morgan fingerprint density at radius 2 is 2.12 bits per heavy atom. The molecule has 1 heterocycles. The Morgan fingerprint density at radius 1 is 1.44 bits per heavy atom. The number of Topliss-reactive ketones (excluding diaryl/α,β-unsaturated/α-hetero) is 1. The first-order valence-corrected chi connectivity index (χ1v) is 5.63. The number of nitrogens with zero attached hydrogens (tertiary/aromatic N) is 1.